The number of benzene rings is 1. The number of carbonyl (C=O) groups is 1. The minimum Gasteiger partial charge on any atom is -0.397 e. The average Bonchev–Trinajstić information content (AvgIpc) is 2.68. The Morgan fingerprint density at radius 3 is 2.89 bits per heavy atom. The van der Waals surface area contributed by atoms with Crippen LogP contribution in [0.1, 0.15) is 5.69 Å². The Balaban J connectivity index is 2.03. The van der Waals surface area contributed by atoms with Gasteiger partial charge >= 0.3 is 0 Å². The lowest BCUT2D eigenvalue weighted by molar-refractivity contribution is -0.116. The third kappa shape index (κ3) is 2.85. The summed E-state index contributed by atoms with van der Waals surface area (Å²) in [6, 6.07) is 5.63. The molecule has 0 spiro atoms. The number of aromatic nitrogens is 2. The second-order valence-corrected chi connectivity index (χ2v) is 3.93. The Hall–Kier alpha value is -2.37. The van der Waals surface area contributed by atoms with Crippen molar-refractivity contribution >= 4 is 17.3 Å². The summed E-state index contributed by atoms with van der Waals surface area (Å²) >= 11 is 0. The minimum atomic E-state index is -0.437. The highest BCUT2D eigenvalue weighted by Crippen LogP contribution is 2.18. The summed E-state index contributed by atoms with van der Waals surface area (Å²) in [5.74, 6) is -0.704. The highest BCUT2D eigenvalue weighted by Gasteiger charge is 2.07. The number of nitrogen functional groups attached to an aromatic ring is 1. The Bertz CT molecular complexity index is 579. The Morgan fingerprint density at radius 2 is 2.28 bits per heavy atom. The molecule has 2 aromatic rings. The van der Waals surface area contributed by atoms with Gasteiger partial charge in [-0.2, -0.15) is 5.10 Å². The highest BCUT2D eigenvalue weighted by atomic mass is 19.1. The van der Waals surface area contributed by atoms with Gasteiger partial charge in [-0.25, -0.2) is 4.39 Å². The van der Waals surface area contributed by atoms with E-state index in [1.54, 1.807) is 12.3 Å². The molecule has 0 saturated heterocycles. The van der Waals surface area contributed by atoms with Crippen LogP contribution in [-0.4, -0.2) is 15.7 Å². The number of hydrogen-bond donors (Lipinski definition) is 2. The first-order chi connectivity index (χ1) is 8.54. The van der Waals surface area contributed by atoms with Crippen LogP contribution in [0.4, 0.5) is 15.8 Å². The van der Waals surface area contributed by atoms with Gasteiger partial charge < -0.3 is 11.1 Å². The smallest absolute Gasteiger partial charge is 0.246 e. The molecule has 0 aliphatic carbocycles. The van der Waals surface area contributed by atoms with Crippen LogP contribution in [0.3, 0.4) is 0 Å². The molecule has 1 amide bonds. The molecule has 6 heteroatoms. The van der Waals surface area contributed by atoms with Crippen molar-refractivity contribution in [3.63, 3.8) is 0 Å². The van der Waals surface area contributed by atoms with Gasteiger partial charge in [0.25, 0.3) is 0 Å². The van der Waals surface area contributed by atoms with Gasteiger partial charge in [-0.3, -0.25) is 9.48 Å². The summed E-state index contributed by atoms with van der Waals surface area (Å²) < 4.78 is 14.3. The molecular weight excluding hydrogens is 235 g/mol. The van der Waals surface area contributed by atoms with E-state index in [0.29, 0.717) is 5.69 Å². The van der Waals surface area contributed by atoms with Gasteiger partial charge in [-0.05, 0) is 31.2 Å². The van der Waals surface area contributed by atoms with Crippen molar-refractivity contribution in [2.75, 3.05) is 11.1 Å². The van der Waals surface area contributed by atoms with E-state index in [9.17, 15) is 9.18 Å². The molecule has 2 rings (SSSR count). The summed E-state index contributed by atoms with van der Waals surface area (Å²) in [5, 5.41) is 6.70. The summed E-state index contributed by atoms with van der Waals surface area (Å²) in [6.45, 7) is 1.93. The van der Waals surface area contributed by atoms with Gasteiger partial charge in [0, 0.05) is 6.20 Å². The first-order valence-electron chi connectivity index (χ1n) is 5.39. The third-order valence-corrected chi connectivity index (χ3v) is 2.37. The molecule has 0 aliphatic heterocycles. The van der Waals surface area contributed by atoms with Crippen molar-refractivity contribution in [3.05, 3.63) is 42.0 Å². The van der Waals surface area contributed by atoms with Crippen molar-refractivity contribution in [2.45, 2.75) is 13.5 Å². The zero-order valence-corrected chi connectivity index (χ0v) is 9.85. The maximum absolute atomic E-state index is 12.8. The number of anilines is 2. The van der Waals surface area contributed by atoms with Crippen LogP contribution in [-0.2, 0) is 11.3 Å². The molecule has 0 bridgehead atoms. The zero-order chi connectivity index (χ0) is 13.1. The number of nitrogens with zero attached hydrogens (tertiary/aromatic N) is 2. The Kier molecular flexibility index (Phi) is 3.27. The number of nitrogens with one attached hydrogen (secondary N) is 1. The molecule has 18 heavy (non-hydrogen) atoms. The standard InChI is InChI=1S/C12H13FN4O/c1-8-4-5-17(16-8)7-12(18)15-11-3-2-9(13)6-10(11)14/h2-6H,7,14H2,1H3,(H,15,18). The quantitative estimate of drug-likeness (QED) is 0.809. The molecule has 5 nitrogen and oxygen atoms in total. The molecule has 0 unspecified atom stereocenters. The molecule has 0 radical (unpaired) electrons. The monoisotopic (exact) mass is 248 g/mol. The van der Waals surface area contributed by atoms with E-state index in [4.69, 9.17) is 5.73 Å². The highest BCUT2D eigenvalue weighted by molar-refractivity contribution is 5.93. The number of rotatable bonds is 3. The molecule has 0 fully saturated rings. The predicted molar refractivity (Wildman–Crippen MR) is 66.4 cm³/mol. The molecular formula is C12H13FN4O. The first-order valence-corrected chi connectivity index (χ1v) is 5.39. The van der Waals surface area contributed by atoms with Crippen molar-refractivity contribution < 1.29 is 9.18 Å². The number of aryl methyl sites for hydroxylation is 1. The molecule has 1 aromatic heterocycles. The molecule has 1 heterocycles. The van der Waals surface area contributed by atoms with Crippen molar-refractivity contribution in [1.29, 1.82) is 0 Å². The van der Waals surface area contributed by atoms with Gasteiger partial charge in [-0.1, -0.05) is 0 Å². The Morgan fingerprint density at radius 1 is 1.50 bits per heavy atom. The van der Waals surface area contributed by atoms with Gasteiger partial charge in [-0.15, -0.1) is 0 Å². The summed E-state index contributed by atoms with van der Waals surface area (Å²) in [6.07, 6.45) is 1.71. The van der Waals surface area contributed by atoms with E-state index in [-0.39, 0.29) is 18.1 Å². The van der Waals surface area contributed by atoms with Crippen molar-refractivity contribution in [2.24, 2.45) is 0 Å². The predicted octanol–water partition coefficient (Wildman–Crippen LogP) is 1.55. The van der Waals surface area contributed by atoms with E-state index in [1.807, 2.05) is 6.92 Å². The third-order valence-electron chi connectivity index (χ3n) is 2.37. The van der Waals surface area contributed by atoms with Crippen LogP contribution in [0.15, 0.2) is 30.5 Å². The van der Waals surface area contributed by atoms with Crippen LogP contribution >= 0.6 is 0 Å². The average molecular weight is 248 g/mol. The first kappa shape index (κ1) is 12.1. The van der Waals surface area contributed by atoms with E-state index < -0.39 is 5.82 Å². The lowest BCUT2D eigenvalue weighted by atomic mass is 10.2. The van der Waals surface area contributed by atoms with E-state index in [2.05, 4.69) is 10.4 Å². The summed E-state index contributed by atoms with van der Waals surface area (Å²) in [5.41, 5.74) is 7.02. The van der Waals surface area contributed by atoms with E-state index in [0.717, 1.165) is 11.8 Å². The molecule has 94 valence electrons. The van der Waals surface area contributed by atoms with Crippen LogP contribution in [0.5, 0.6) is 0 Å². The molecule has 1 aromatic carbocycles. The second kappa shape index (κ2) is 4.87. The zero-order valence-electron chi connectivity index (χ0n) is 9.85. The molecule has 0 atom stereocenters. The maximum Gasteiger partial charge on any atom is 0.246 e. The van der Waals surface area contributed by atoms with Gasteiger partial charge in [0.1, 0.15) is 12.4 Å². The van der Waals surface area contributed by atoms with Crippen LogP contribution in [0.2, 0.25) is 0 Å². The molecule has 3 N–H and O–H groups in total. The fraction of sp³-hybridized carbons (Fsp3) is 0.167. The van der Waals surface area contributed by atoms with Crippen LogP contribution in [0, 0.1) is 12.7 Å². The summed E-state index contributed by atoms with van der Waals surface area (Å²) in [7, 11) is 0. The normalized spacial score (nSPS) is 10.3. The minimum absolute atomic E-state index is 0.0880. The largest absolute Gasteiger partial charge is 0.397 e. The van der Waals surface area contributed by atoms with E-state index in [1.165, 1.54) is 16.8 Å². The fourth-order valence-electron chi connectivity index (χ4n) is 1.54. The van der Waals surface area contributed by atoms with Crippen LogP contribution < -0.4 is 11.1 Å². The number of nitrogens with two attached hydrogens (primary N) is 1. The number of amides is 1. The maximum atomic E-state index is 12.8. The summed E-state index contributed by atoms with van der Waals surface area (Å²) in [4.78, 5) is 11.7. The van der Waals surface area contributed by atoms with E-state index >= 15 is 0 Å². The number of halogens is 1. The van der Waals surface area contributed by atoms with Crippen molar-refractivity contribution in [1.82, 2.24) is 9.78 Å². The SMILES string of the molecule is Cc1ccn(CC(=O)Nc2ccc(F)cc2N)n1. The van der Waals surface area contributed by atoms with Gasteiger partial charge in [0.05, 0.1) is 17.1 Å². The van der Waals surface area contributed by atoms with Gasteiger partial charge in [0.2, 0.25) is 5.91 Å². The van der Waals surface area contributed by atoms with Crippen LogP contribution in [0.25, 0.3) is 0 Å². The topological polar surface area (TPSA) is 72.9 Å². The Labute approximate surface area is 103 Å². The number of hydrogen-bond acceptors (Lipinski definition) is 3. The lowest BCUT2D eigenvalue weighted by Gasteiger charge is -2.08. The van der Waals surface area contributed by atoms with Crippen molar-refractivity contribution in [3.8, 4) is 0 Å². The molecule has 0 saturated carbocycles. The number of carbonyl (C=O) groups excluding carboxylic acids is 1. The van der Waals surface area contributed by atoms with Gasteiger partial charge in [0.15, 0.2) is 0 Å². The fourth-order valence-corrected chi connectivity index (χ4v) is 1.54. The molecule has 0 aliphatic rings. The second-order valence-electron chi connectivity index (χ2n) is 3.93. The lowest BCUT2D eigenvalue weighted by Crippen LogP contribution is -2.19.